The molecule has 0 heterocycles. The van der Waals surface area contributed by atoms with Crippen molar-refractivity contribution in [3.8, 4) is 0 Å². The van der Waals surface area contributed by atoms with E-state index in [-0.39, 0.29) is 34.2 Å². The molecule has 3 aromatic rings. The second-order valence-corrected chi connectivity index (χ2v) is 8.79. The predicted octanol–water partition coefficient (Wildman–Crippen LogP) is 5.21. The molecule has 0 radical (unpaired) electrons. The molecule has 3 aromatic carbocycles. The maximum atomic E-state index is 13.1. The number of nitrogens with two attached hydrogens (primary N) is 3. The van der Waals surface area contributed by atoms with Crippen LogP contribution in [0.25, 0.3) is 0 Å². The van der Waals surface area contributed by atoms with Crippen LogP contribution in [0.1, 0.15) is 39.4 Å². The van der Waals surface area contributed by atoms with Gasteiger partial charge in [-0.2, -0.15) is 18.2 Å². The van der Waals surface area contributed by atoms with E-state index in [9.17, 15) is 22.8 Å². The molecule has 0 spiro atoms. The van der Waals surface area contributed by atoms with Gasteiger partial charge in [0.25, 0.3) is 5.91 Å². The van der Waals surface area contributed by atoms with Crippen molar-refractivity contribution < 1.29 is 22.8 Å². The number of halogens is 5. The number of amidine groups is 1. The summed E-state index contributed by atoms with van der Waals surface area (Å²) in [6.07, 6.45) is -4.30. The monoisotopic (exact) mass is 551 g/mol. The Morgan fingerprint density at radius 3 is 2.38 bits per heavy atom. The number of nitrogen functional groups attached to an aromatic ring is 1. The maximum absolute atomic E-state index is 13.1. The standard InChI is InChI=1S/C25H22Cl2F3N5O2/c26-19-6-4-13(11-20(19)27)17(8-9-31)24(37)34-16-5-7-21(32)18(12-16)22(33)35-23(36)14-2-1-3-15(10-14)25(28,29)30/h1-7,10-12,17H,8-9,31-32H2,(H,34,37)(H2,33,35,36). The Kier molecular flexibility index (Phi) is 8.80. The summed E-state index contributed by atoms with van der Waals surface area (Å²) in [5.74, 6) is -2.36. The first-order valence-electron chi connectivity index (χ1n) is 10.8. The first-order chi connectivity index (χ1) is 17.4. The van der Waals surface area contributed by atoms with Crippen molar-refractivity contribution in [1.82, 2.24) is 0 Å². The summed E-state index contributed by atoms with van der Waals surface area (Å²) < 4.78 is 38.9. The quantitative estimate of drug-likeness (QED) is 0.181. The highest BCUT2D eigenvalue weighted by molar-refractivity contribution is 6.42. The number of carbonyl (C=O) groups excluding carboxylic acids is 2. The Labute approximate surface area is 220 Å². The fourth-order valence-electron chi connectivity index (χ4n) is 3.49. The number of nitrogens with zero attached hydrogens (tertiary/aromatic N) is 1. The lowest BCUT2D eigenvalue weighted by atomic mass is 9.94. The molecule has 12 heteroatoms. The second kappa shape index (κ2) is 11.6. The second-order valence-electron chi connectivity index (χ2n) is 7.98. The molecule has 0 saturated carbocycles. The van der Waals surface area contributed by atoms with Crippen molar-refractivity contribution in [2.75, 3.05) is 17.6 Å². The topological polar surface area (TPSA) is 137 Å². The summed E-state index contributed by atoms with van der Waals surface area (Å²) in [5.41, 5.74) is 17.5. The summed E-state index contributed by atoms with van der Waals surface area (Å²) >= 11 is 12.1. The van der Waals surface area contributed by atoms with E-state index in [0.29, 0.717) is 28.8 Å². The normalized spacial score (nSPS) is 12.8. The summed E-state index contributed by atoms with van der Waals surface area (Å²) in [6.45, 7) is 0.225. The third kappa shape index (κ3) is 7.00. The molecule has 0 bridgehead atoms. The average Bonchev–Trinajstić information content (AvgIpc) is 2.85. The van der Waals surface area contributed by atoms with Crippen molar-refractivity contribution in [3.63, 3.8) is 0 Å². The Balaban J connectivity index is 1.85. The number of hydrogen-bond donors (Lipinski definition) is 4. The van der Waals surface area contributed by atoms with E-state index in [1.54, 1.807) is 18.2 Å². The van der Waals surface area contributed by atoms with Crippen LogP contribution in [0.5, 0.6) is 0 Å². The lowest BCUT2D eigenvalue weighted by molar-refractivity contribution is -0.137. The Morgan fingerprint density at radius 1 is 1.00 bits per heavy atom. The van der Waals surface area contributed by atoms with E-state index in [1.807, 2.05) is 0 Å². The lowest BCUT2D eigenvalue weighted by Crippen LogP contribution is -2.24. The van der Waals surface area contributed by atoms with Crippen LogP contribution in [0, 0.1) is 0 Å². The smallest absolute Gasteiger partial charge is 0.398 e. The number of amides is 2. The summed E-state index contributed by atoms with van der Waals surface area (Å²) in [5, 5.41) is 3.38. The molecule has 1 atom stereocenters. The van der Waals surface area contributed by atoms with Crippen LogP contribution in [0.15, 0.2) is 65.7 Å². The molecule has 0 saturated heterocycles. The molecule has 3 rings (SSSR count). The number of carbonyl (C=O) groups is 2. The van der Waals surface area contributed by atoms with Crippen LogP contribution in [-0.2, 0) is 11.0 Å². The third-order valence-electron chi connectivity index (χ3n) is 5.37. The number of alkyl halides is 3. The maximum Gasteiger partial charge on any atom is 0.416 e. The van der Waals surface area contributed by atoms with Gasteiger partial charge in [-0.3, -0.25) is 9.59 Å². The van der Waals surface area contributed by atoms with Crippen molar-refractivity contribution in [2.45, 2.75) is 18.5 Å². The van der Waals surface area contributed by atoms with E-state index in [2.05, 4.69) is 10.3 Å². The van der Waals surface area contributed by atoms with Crippen LogP contribution in [0.4, 0.5) is 24.5 Å². The molecule has 194 valence electrons. The Hall–Kier alpha value is -3.60. The van der Waals surface area contributed by atoms with Crippen molar-refractivity contribution in [2.24, 2.45) is 16.5 Å². The van der Waals surface area contributed by atoms with Gasteiger partial charge in [-0.15, -0.1) is 0 Å². The highest BCUT2D eigenvalue weighted by Crippen LogP contribution is 2.31. The van der Waals surface area contributed by atoms with Crippen molar-refractivity contribution in [3.05, 3.63) is 93.0 Å². The lowest BCUT2D eigenvalue weighted by Gasteiger charge is -2.18. The van der Waals surface area contributed by atoms with Crippen molar-refractivity contribution >= 4 is 52.2 Å². The van der Waals surface area contributed by atoms with E-state index in [1.165, 1.54) is 24.3 Å². The minimum atomic E-state index is -4.62. The predicted molar refractivity (Wildman–Crippen MR) is 139 cm³/mol. The van der Waals surface area contributed by atoms with E-state index in [0.717, 1.165) is 12.1 Å². The number of benzene rings is 3. The fourth-order valence-corrected chi connectivity index (χ4v) is 3.80. The van der Waals surface area contributed by atoms with Crippen LogP contribution >= 0.6 is 23.2 Å². The number of aliphatic imine (C=N–C) groups is 1. The number of rotatable bonds is 7. The summed E-state index contributed by atoms with van der Waals surface area (Å²) in [4.78, 5) is 29.2. The molecule has 0 aliphatic rings. The van der Waals surface area contributed by atoms with Gasteiger partial charge in [0.05, 0.1) is 21.5 Å². The SMILES string of the molecule is NCCC(C(=O)Nc1ccc(N)c(C(N)=NC(=O)c2cccc(C(F)(F)F)c2)c1)c1ccc(Cl)c(Cl)c1. The van der Waals surface area contributed by atoms with Crippen LogP contribution in [0.2, 0.25) is 10.0 Å². The van der Waals surface area contributed by atoms with Crippen LogP contribution in [-0.4, -0.2) is 24.2 Å². The Morgan fingerprint density at radius 2 is 1.73 bits per heavy atom. The average molecular weight is 552 g/mol. The zero-order valence-corrected chi connectivity index (χ0v) is 20.7. The molecule has 0 aliphatic heterocycles. The minimum Gasteiger partial charge on any atom is -0.398 e. The molecule has 0 aromatic heterocycles. The fraction of sp³-hybridized carbons (Fsp3) is 0.160. The molecule has 2 amide bonds. The van der Waals surface area contributed by atoms with Crippen LogP contribution < -0.4 is 22.5 Å². The van der Waals surface area contributed by atoms with Gasteiger partial charge >= 0.3 is 6.18 Å². The van der Waals surface area contributed by atoms with Gasteiger partial charge in [-0.05, 0) is 67.1 Å². The highest BCUT2D eigenvalue weighted by Gasteiger charge is 2.31. The summed E-state index contributed by atoms with van der Waals surface area (Å²) in [6, 6.07) is 13.0. The molecule has 1 unspecified atom stereocenters. The first kappa shape index (κ1) is 28.0. The molecule has 7 nitrogen and oxygen atoms in total. The van der Waals surface area contributed by atoms with Gasteiger partial charge in [0.2, 0.25) is 5.91 Å². The van der Waals surface area contributed by atoms with Gasteiger partial charge in [-0.1, -0.05) is 35.3 Å². The Bertz CT molecular complexity index is 1360. The molecular weight excluding hydrogens is 530 g/mol. The molecule has 0 aliphatic carbocycles. The number of hydrogen-bond acceptors (Lipinski definition) is 4. The van der Waals surface area contributed by atoms with Gasteiger partial charge < -0.3 is 22.5 Å². The zero-order chi connectivity index (χ0) is 27.3. The van der Waals surface area contributed by atoms with Crippen molar-refractivity contribution in [1.29, 1.82) is 0 Å². The van der Waals surface area contributed by atoms with Gasteiger partial charge in [-0.25, -0.2) is 0 Å². The number of nitrogens with one attached hydrogen (secondary N) is 1. The van der Waals surface area contributed by atoms with Gasteiger partial charge in [0.15, 0.2) is 0 Å². The van der Waals surface area contributed by atoms with E-state index >= 15 is 0 Å². The molecule has 7 N–H and O–H groups in total. The number of anilines is 2. The zero-order valence-electron chi connectivity index (χ0n) is 19.2. The molecular formula is C25H22Cl2F3N5O2. The first-order valence-corrected chi connectivity index (χ1v) is 11.6. The molecule has 0 fully saturated rings. The summed E-state index contributed by atoms with van der Waals surface area (Å²) in [7, 11) is 0. The third-order valence-corrected chi connectivity index (χ3v) is 6.11. The van der Waals surface area contributed by atoms with E-state index < -0.39 is 29.5 Å². The van der Waals surface area contributed by atoms with Gasteiger partial charge in [0, 0.05) is 22.5 Å². The van der Waals surface area contributed by atoms with Crippen LogP contribution in [0.3, 0.4) is 0 Å². The minimum absolute atomic E-state index is 0.114. The van der Waals surface area contributed by atoms with E-state index in [4.69, 9.17) is 40.4 Å². The molecule has 37 heavy (non-hydrogen) atoms. The largest absolute Gasteiger partial charge is 0.416 e. The van der Waals surface area contributed by atoms with Gasteiger partial charge in [0.1, 0.15) is 5.84 Å². The highest BCUT2D eigenvalue weighted by atomic mass is 35.5.